The minimum Gasteiger partial charge on any atom is -0.354 e. The van der Waals surface area contributed by atoms with E-state index in [1.807, 2.05) is 18.5 Å². The third kappa shape index (κ3) is 6.96. The molecule has 0 amide bonds. The number of hydrogen-bond acceptors (Lipinski definition) is 3. The smallest absolute Gasteiger partial charge is 0.192 e. The van der Waals surface area contributed by atoms with Gasteiger partial charge in [-0.3, -0.25) is 0 Å². The van der Waals surface area contributed by atoms with Crippen LogP contribution in [0, 0.1) is 12.8 Å². The Morgan fingerprint density at radius 3 is 2.47 bits per heavy atom. The predicted octanol–water partition coefficient (Wildman–Crippen LogP) is 4.90. The minimum atomic E-state index is 0. The molecule has 1 heterocycles. The Labute approximate surface area is 198 Å². The first-order valence-electron chi connectivity index (χ1n) is 11.0. The van der Waals surface area contributed by atoms with Crippen molar-refractivity contribution in [2.45, 2.75) is 77.9 Å². The highest BCUT2D eigenvalue weighted by atomic mass is 127. The fraction of sp³-hybridized carbons (Fsp3) is 0.609. The van der Waals surface area contributed by atoms with Gasteiger partial charge in [0.15, 0.2) is 11.8 Å². The molecule has 3 rings (SSSR count). The maximum Gasteiger partial charge on any atom is 0.192 e. The van der Waals surface area contributed by atoms with Gasteiger partial charge in [0.25, 0.3) is 0 Å². The summed E-state index contributed by atoms with van der Waals surface area (Å²) in [6.45, 7) is 6.94. The summed E-state index contributed by atoms with van der Waals surface area (Å²) in [5, 5.41) is 15.7. The highest BCUT2D eigenvalue weighted by Gasteiger charge is 2.22. The zero-order chi connectivity index (χ0) is 20.6. The molecule has 1 aromatic carbocycles. The van der Waals surface area contributed by atoms with Crippen molar-refractivity contribution in [1.29, 1.82) is 0 Å². The van der Waals surface area contributed by atoms with E-state index in [1.165, 1.54) is 44.1 Å². The molecule has 0 aliphatic heterocycles. The number of halogens is 1. The Balaban J connectivity index is 0.00000320. The molecule has 1 aliphatic rings. The molecule has 0 bridgehead atoms. The van der Waals surface area contributed by atoms with Gasteiger partial charge < -0.3 is 15.2 Å². The Morgan fingerprint density at radius 2 is 1.87 bits per heavy atom. The van der Waals surface area contributed by atoms with Crippen LogP contribution >= 0.6 is 24.0 Å². The van der Waals surface area contributed by atoms with Gasteiger partial charge in [0.1, 0.15) is 12.4 Å². The van der Waals surface area contributed by atoms with Gasteiger partial charge in [-0.05, 0) is 51.0 Å². The quantitative estimate of drug-likeness (QED) is 0.307. The Morgan fingerprint density at radius 1 is 1.17 bits per heavy atom. The number of aromatic nitrogens is 3. The molecule has 0 radical (unpaired) electrons. The van der Waals surface area contributed by atoms with Crippen LogP contribution in [0.15, 0.2) is 35.3 Å². The van der Waals surface area contributed by atoms with Crippen molar-refractivity contribution in [1.82, 2.24) is 25.4 Å². The zero-order valence-corrected chi connectivity index (χ0v) is 21.1. The van der Waals surface area contributed by atoms with Crippen LogP contribution in [0.2, 0.25) is 0 Å². The van der Waals surface area contributed by atoms with Crippen molar-refractivity contribution in [2.75, 3.05) is 0 Å². The standard InChI is InChI=1S/C23H36N6.HI/c1-5-9-19-12-14-21(15-13-19)26-23(24-16-22-28-27-18(3)29(22)4)25-17(2)20-10-7-6-8-11-20;/h6-8,10-11,17,19,21H,5,9,12-16H2,1-4H3,(H2,24,25,26);1H. The maximum absolute atomic E-state index is 4.85. The number of nitrogens with zero attached hydrogens (tertiary/aromatic N) is 4. The summed E-state index contributed by atoms with van der Waals surface area (Å²) in [4.78, 5) is 4.85. The van der Waals surface area contributed by atoms with Gasteiger partial charge in [-0.15, -0.1) is 34.2 Å². The molecule has 6 nitrogen and oxygen atoms in total. The van der Waals surface area contributed by atoms with Crippen LogP contribution in [-0.2, 0) is 13.6 Å². The number of aliphatic imine (C=N–C) groups is 1. The van der Waals surface area contributed by atoms with Crippen molar-refractivity contribution in [2.24, 2.45) is 18.0 Å². The van der Waals surface area contributed by atoms with Crippen molar-refractivity contribution < 1.29 is 0 Å². The number of hydrogen-bond donors (Lipinski definition) is 2. The molecule has 30 heavy (non-hydrogen) atoms. The lowest BCUT2D eigenvalue weighted by Gasteiger charge is -2.31. The van der Waals surface area contributed by atoms with Gasteiger partial charge >= 0.3 is 0 Å². The molecular formula is C23H37IN6. The summed E-state index contributed by atoms with van der Waals surface area (Å²) in [5.41, 5.74) is 1.25. The highest BCUT2D eigenvalue weighted by Crippen LogP contribution is 2.27. The summed E-state index contributed by atoms with van der Waals surface area (Å²) in [5.74, 6) is 3.55. The number of benzene rings is 1. The lowest BCUT2D eigenvalue weighted by atomic mass is 9.83. The van der Waals surface area contributed by atoms with Gasteiger partial charge in [-0.25, -0.2) is 4.99 Å². The number of aryl methyl sites for hydroxylation is 1. The summed E-state index contributed by atoms with van der Waals surface area (Å²) in [6, 6.07) is 11.2. The highest BCUT2D eigenvalue weighted by molar-refractivity contribution is 14.0. The molecular weight excluding hydrogens is 487 g/mol. The first-order valence-corrected chi connectivity index (χ1v) is 11.0. The second kappa shape index (κ2) is 12.3. The third-order valence-electron chi connectivity index (χ3n) is 6.10. The molecule has 2 N–H and O–H groups in total. The molecule has 2 aromatic rings. The molecule has 1 saturated carbocycles. The normalized spacial score (nSPS) is 20.3. The minimum absolute atomic E-state index is 0. The van der Waals surface area contributed by atoms with E-state index in [0.717, 1.165) is 23.5 Å². The second-order valence-electron chi connectivity index (χ2n) is 8.31. The molecule has 1 aromatic heterocycles. The van der Waals surface area contributed by atoms with Crippen LogP contribution in [-0.4, -0.2) is 26.8 Å². The third-order valence-corrected chi connectivity index (χ3v) is 6.10. The van der Waals surface area contributed by atoms with Crippen molar-refractivity contribution in [3.8, 4) is 0 Å². The average Bonchev–Trinajstić information content (AvgIpc) is 3.06. The molecule has 0 saturated heterocycles. The lowest BCUT2D eigenvalue weighted by Crippen LogP contribution is -2.45. The van der Waals surface area contributed by atoms with Crippen LogP contribution in [0.3, 0.4) is 0 Å². The van der Waals surface area contributed by atoms with E-state index in [2.05, 4.69) is 65.0 Å². The SMILES string of the molecule is CCCC1CCC(NC(=NCc2nnc(C)n2C)NC(C)c2ccccc2)CC1.I. The Bertz CT molecular complexity index is 780. The van der Waals surface area contributed by atoms with Crippen LogP contribution in [0.4, 0.5) is 0 Å². The molecule has 0 spiro atoms. The second-order valence-corrected chi connectivity index (χ2v) is 8.31. The number of nitrogens with one attached hydrogen (secondary N) is 2. The van der Waals surface area contributed by atoms with Crippen LogP contribution in [0.1, 0.15) is 75.6 Å². The molecule has 1 fully saturated rings. The van der Waals surface area contributed by atoms with Gasteiger partial charge in [0, 0.05) is 13.1 Å². The Hall–Kier alpha value is -1.64. The fourth-order valence-electron chi connectivity index (χ4n) is 4.10. The monoisotopic (exact) mass is 524 g/mol. The fourth-order valence-corrected chi connectivity index (χ4v) is 4.10. The number of guanidine groups is 1. The average molecular weight is 524 g/mol. The number of rotatable bonds is 7. The van der Waals surface area contributed by atoms with Crippen molar-refractivity contribution in [3.05, 3.63) is 47.5 Å². The van der Waals surface area contributed by atoms with E-state index in [1.54, 1.807) is 0 Å². The molecule has 1 atom stereocenters. The molecule has 1 aliphatic carbocycles. The first-order chi connectivity index (χ1) is 14.1. The van der Waals surface area contributed by atoms with E-state index >= 15 is 0 Å². The van der Waals surface area contributed by atoms with Gasteiger partial charge in [-0.1, -0.05) is 50.1 Å². The lowest BCUT2D eigenvalue weighted by molar-refractivity contribution is 0.294. The van der Waals surface area contributed by atoms with E-state index in [9.17, 15) is 0 Å². The van der Waals surface area contributed by atoms with Crippen LogP contribution in [0.5, 0.6) is 0 Å². The maximum atomic E-state index is 4.85. The van der Waals surface area contributed by atoms with E-state index in [4.69, 9.17) is 4.99 Å². The Kier molecular flexibility index (Phi) is 10.1. The van der Waals surface area contributed by atoms with Gasteiger partial charge in [0.2, 0.25) is 0 Å². The summed E-state index contributed by atoms with van der Waals surface area (Å²) in [6.07, 6.45) is 7.72. The van der Waals surface area contributed by atoms with E-state index in [-0.39, 0.29) is 30.0 Å². The van der Waals surface area contributed by atoms with Crippen LogP contribution in [0.25, 0.3) is 0 Å². The van der Waals surface area contributed by atoms with Crippen LogP contribution < -0.4 is 10.6 Å². The van der Waals surface area contributed by atoms with Gasteiger partial charge in [-0.2, -0.15) is 0 Å². The van der Waals surface area contributed by atoms with Crippen molar-refractivity contribution >= 4 is 29.9 Å². The predicted molar refractivity (Wildman–Crippen MR) is 134 cm³/mol. The summed E-state index contributed by atoms with van der Waals surface area (Å²) in [7, 11) is 1.99. The summed E-state index contributed by atoms with van der Waals surface area (Å²) >= 11 is 0. The van der Waals surface area contributed by atoms with E-state index in [0.29, 0.717) is 12.6 Å². The molecule has 166 valence electrons. The topological polar surface area (TPSA) is 67.1 Å². The molecule has 1 unspecified atom stereocenters. The largest absolute Gasteiger partial charge is 0.354 e. The van der Waals surface area contributed by atoms with Gasteiger partial charge in [0.05, 0.1) is 6.04 Å². The summed E-state index contributed by atoms with van der Waals surface area (Å²) < 4.78 is 2.00. The zero-order valence-electron chi connectivity index (χ0n) is 18.8. The van der Waals surface area contributed by atoms with Crippen molar-refractivity contribution in [3.63, 3.8) is 0 Å². The molecule has 7 heteroatoms. The van der Waals surface area contributed by atoms with E-state index < -0.39 is 0 Å². The first kappa shape index (κ1) is 24.6.